The SMILES string of the molecule is COc1ccc2cc([C@@H](C)C(=O)Nc3ccc(NC(=O)CC(C)C)cc3)ccc2c1. The third kappa shape index (κ3) is 5.38. The second-order valence-corrected chi connectivity index (χ2v) is 7.91. The summed E-state index contributed by atoms with van der Waals surface area (Å²) in [6.07, 6.45) is 0.481. The van der Waals surface area contributed by atoms with Crippen LogP contribution in [0.1, 0.15) is 38.7 Å². The van der Waals surface area contributed by atoms with Gasteiger partial charge < -0.3 is 15.4 Å². The number of rotatable bonds is 7. The minimum atomic E-state index is -0.304. The lowest BCUT2D eigenvalue weighted by Gasteiger charge is -2.14. The van der Waals surface area contributed by atoms with Gasteiger partial charge in [-0.3, -0.25) is 9.59 Å². The molecule has 0 bridgehead atoms. The van der Waals surface area contributed by atoms with Gasteiger partial charge in [-0.15, -0.1) is 0 Å². The van der Waals surface area contributed by atoms with E-state index in [0.29, 0.717) is 18.0 Å². The lowest BCUT2D eigenvalue weighted by molar-refractivity contribution is -0.117. The van der Waals surface area contributed by atoms with Crippen molar-refractivity contribution in [3.63, 3.8) is 0 Å². The summed E-state index contributed by atoms with van der Waals surface area (Å²) < 4.78 is 5.26. The average Bonchev–Trinajstić information content (AvgIpc) is 2.73. The first-order valence-corrected chi connectivity index (χ1v) is 10.1. The van der Waals surface area contributed by atoms with Crippen LogP contribution in [0.25, 0.3) is 10.8 Å². The Labute approximate surface area is 177 Å². The third-order valence-corrected chi connectivity index (χ3v) is 4.99. The summed E-state index contributed by atoms with van der Waals surface area (Å²) in [5, 5.41) is 7.95. The summed E-state index contributed by atoms with van der Waals surface area (Å²) in [6, 6.07) is 19.1. The molecule has 0 aliphatic carbocycles. The number of hydrogen-bond acceptors (Lipinski definition) is 3. The number of fused-ring (bicyclic) bond motifs is 1. The minimum Gasteiger partial charge on any atom is -0.497 e. The van der Waals surface area contributed by atoms with Crippen LogP contribution in [0.3, 0.4) is 0 Å². The average molecular weight is 405 g/mol. The largest absolute Gasteiger partial charge is 0.497 e. The minimum absolute atomic E-state index is 0.00988. The Morgan fingerprint density at radius 1 is 0.833 bits per heavy atom. The van der Waals surface area contributed by atoms with Crippen LogP contribution < -0.4 is 15.4 Å². The number of ether oxygens (including phenoxy) is 1. The number of methoxy groups -OCH3 is 1. The van der Waals surface area contributed by atoms with Crippen molar-refractivity contribution in [2.24, 2.45) is 5.92 Å². The Kier molecular flexibility index (Phi) is 6.72. The number of anilines is 2. The monoisotopic (exact) mass is 404 g/mol. The van der Waals surface area contributed by atoms with Crippen molar-refractivity contribution in [2.45, 2.75) is 33.1 Å². The van der Waals surface area contributed by atoms with Crippen LogP contribution in [0, 0.1) is 5.92 Å². The zero-order valence-corrected chi connectivity index (χ0v) is 17.9. The van der Waals surface area contributed by atoms with Crippen LogP contribution in [-0.2, 0) is 9.59 Å². The van der Waals surface area contributed by atoms with E-state index in [1.165, 1.54) is 0 Å². The van der Waals surface area contributed by atoms with Gasteiger partial charge in [0.25, 0.3) is 0 Å². The normalized spacial score (nSPS) is 11.9. The van der Waals surface area contributed by atoms with E-state index >= 15 is 0 Å². The maximum atomic E-state index is 12.7. The first-order valence-electron chi connectivity index (χ1n) is 10.1. The molecule has 0 unspecified atom stereocenters. The predicted molar refractivity (Wildman–Crippen MR) is 122 cm³/mol. The molecular formula is C25H28N2O3. The summed E-state index contributed by atoms with van der Waals surface area (Å²) in [4.78, 5) is 24.6. The molecule has 3 rings (SSSR count). The molecule has 156 valence electrons. The molecule has 30 heavy (non-hydrogen) atoms. The van der Waals surface area contributed by atoms with E-state index in [1.807, 2.05) is 57.2 Å². The summed E-state index contributed by atoms with van der Waals surface area (Å²) >= 11 is 0. The van der Waals surface area contributed by atoms with E-state index < -0.39 is 0 Å². The van der Waals surface area contributed by atoms with Crippen molar-refractivity contribution in [2.75, 3.05) is 17.7 Å². The smallest absolute Gasteiger partial charge is 0.231 e. The van der Waals surface area contributed by atoms with E-state index in [-0.39, 0.29) is 17.7 Å². The maximum absolute atomic E-state index is 12.7. The molecule has 0 fully saturated rings. The fraction of sp³-hybridized carbons (Fsp3) is 0.280. The van der Waals surface area contributed by atoms with Gasteiger partial charge >= 0.3 is 0 Å². The Morgan fingerprint density at radius 3 is 2.07 bits per heavy atom. The fourth-order valence-corrected chi connectivity index (χ4v) is 3.26. The van der Waals surface area contributed by atoms with Crippen molar-refractivity contribution < 1.29 is 14.3 Å². The molecule has 3 aromatic rings. The van der Waals surface area contributed by atoms with Crippen LogP contribution in [0.2, 0.25) is 0 Å². The molecule has 0 saturated carbocycles. The van der Waals surface area contributed by atoms with Gasteiger partial charge in [-0.1, -0.05) is 38.1 Å². The number of carbonyl (C=O) groups is 2. The summed E-state index contributed by atoms with van der Waals surface area (Å²) in [6.45, 7) is 5.90. The Bertz CT molecular complexity index is 1040. The van der Waals surface area contributed by atoms with Gasteiger partial charge in [0.05, 0.1) is 13.0 Å². The van der Waals surface area contributed by atoms with Gasteiger partial charge in [-0.2, -0.15) is 0 Å². The number of benzene rings is 3. The standard InChI is InChI=1S/C25H28N2O3/c1-16(2)13-24(28)26-21-8-10-22(11-9-21)27-25(29)17(3)18-5-6-20-15-23(30-4)12-7-19(20)14-18/h5-12,14-17H,13H2,1-4H3,(H,26,28)(H,27,29)/t17-/m1/s1. The molecule has 0 aromatic heterocycles. The number of nitrogens with one attached hydrogen (secondary N) is 2. The van der Waals surface area contributed by atoms with Gasteiger partial charge in [-0.25, -0.2) is 0 Å². The van der Waals surface area contributed by atoms with Crippen LogP contribution in [-0.4, -0.2) is 18.9 Å². The maximum Gasteiger partial charge on any atom is 0.231 e. The van der Waals surface area contributed by atoms with Gasteiger partial charge in [0.2, 0.25) is 11.8 Å². The van der Waals surface area contributed by atoms with Crippen LogP contribution in [0.4, 0.5) is 11.4 Å². The number of carbonyl (C=O) groups excluding carboxylic acids is 2. The van der Waals surface area contributed by atoms with E-state index in [2.05, 4.69) is 10.6 Å². The second-order valence-electron chi connectivity index (χ2n) is 7.91. The Hall–Kier alpha value is -3.34. The highest BCUT2D eigenvalue weighted by molar-refractivity contribution is 5.97. The molecule has 5 heteroatoms. The number of hydrogen-bond donors (Lipinski definition) is 2. The second kappa shape index (κ2) is 9.44. The third-order valence-electron chi connectivity index (χ3n) is 4.99. The molecule has 0 spiro atoms. The molecule has 5 nitrogen and oxygen atoms in total. The molecule has 0 aliphatic rings. The van der Waals surface area contributed by atoms with Crippen LogP contribution in [0.15, 0.2) is 60.7 Å². The highest BCUT2D eigenvalue weighted by Gasteiger charge is 2.16. The highest BCUT2D eigenvalue weighted by Crippen LogP contribution is 2.26. The molecule has 0 heterocycles. The fourth-order valence-electron chi connectivity index (χ4n) is 3.26. The molecule has 0 saturated heterocycles. The van der Waals surface area contributed by atoms with Gasteiger partial charge in [0, 0.05) is 17.8 Å². The molecule has 2 amide bonds. The zero-order chi connectivity index (χ0) is 21.7. The first-order chi connectivity index (χ1) is 14.4. The molecule has 0 radical (unpaired) electrons. The van der Waals surface area contributed by atoms with E-state index in [0.717, 1.165) is 27.8 Å². The number of amides is 2. The van der Waals surface area contributed by atoms with E-state index in [4.69, 9.17) is 4.74 Å². The Balaban J connectivity index is 1.65. The predicted octanol–water partition coefficient (Wildman–Crippen LogP) is 5.58. The van der Waals surface area contributed by atoms with Gasteiger partial charge in [-0.05, 0) is 65.6 Å². The van der Waals surface area contributed by atoms with Crippen molar-refractivity contribution in [3.05, 3.63) is 66.2 Å². The molecular weight excluding hydrogens is 376 g/mol. The van der Waals surface area contributed by atoms with Crippen molar-refractivity contribution in [3.8, 4) is 5.75 Å². The molecule has 2 N–H and O–H groups in total. The van der Waals surface area contributed by atoms with Crippen molar-refractivity contribution >= 4 is 34.0 Å². The summed E-state index contributed by atoms with van der Waals surface area (Å²) in [5.41, 5.74) is 2.36. The molecule has 3 aromatic carbocycles. The first kappa shape index (κ1) is 21.4. The highest BCUT2D eigenvalue weighted by atomic mass is 16.5. The lowest BCUT2D eigenvalue weighted by atomic mass is 9.97. The van der Waals surface area contributed by atoms with Gasteiger partial charge in [0.15, 0.2) is 0 Å². The van der Waals surface area contributed by atoms with Crippen molar-refractivity contribution in [1.29, 1.82) is 0 Å². The quantitative estimate of drug-likeness (QED) is 0.540. The lowest BCUT2D eigenvalue weighted by Crippen LogP contribution is -2.19. The molecule has 1 atom stereocenters. The van der Waals surface area contributed by atoms with E-state index in [9.17, 15) is 9.59 Å². The Morgan fingerprint density at radius 2 is 1.43 bits per heavy atom. The summed E-state index contributed by atoms with van der Waals surface area (Å²) in [5.74, 6) is 0.720. The topological polar surface area (TPSA) is 67.4 Å². The zero-order valence-electron chi connectivity index (χ0n) is 17.9. The van der Waals surface area contributed by atoms with E-state index in [1.54, 1.807) is 31.4 Å². The van der Waals surface area contributed by atoms with Crippen molar-refractivity contribution in [1.82, 2.24) is 0 Å². The van der Waals surface area contributed by atoms with Crippen LogP contribution in [0.5, 0.6) is 5.75 Å². The van der Waals surface area contributed by atoms with Crippen LogP contribution >= 0.6 is 0 Å². The molecule has 0 aliphatic heterocycles. The van der Waals surface area contributed by atoms with Gasteiger partial charge in [0.1, 0.15) is 5.75 Å². The summed E-state index contributed by atoms with van der Waals surface area (Å²) in [7, 11) is 1.65.